The van der Waals surface area contributed by atoms with Gasteiger partial charge in [-0.2, -0.15) is 0 Å². The van der Waals surface area contributed by atoms with Crippen molar-refractivity contribution >= 4 is 109 Å². The Morgan fingerprint density at radius 1 is 0.284 bits per heavy atom. The van der Waals surface area contributed by atoms with Crippen LogP contribution in [0.3, 0.4) is 0 Å². The van der Waals surface area contributed by atoms with Crippen LogP contribution in [0.1, 0.15) is 0 Å². The fourth-order valence-electron chi connectivity index (χ4n) is 13.7. The van der Waals surface area contributed by atoms with Gasteiger partial charge in [0.1, 0.15) is 0 Å². The summed E-state index contributed by atoms with van der Waals surface area (Å²) in [5.74, 6) is 0. The molecule has 10 aromatic rings. The van der Waals surface area contributed by atoms with Crippen molar-refractivity contribution in [3.63, 3.8) is 0 Å². The van der Waals surface area contributed by atoms with Crippen molar-refractivity contribution in [2.24, 2.45) is 0 Å². The van der Waals surface area contributed by atoms with Gasteiger partial charge in [-0.05, 0) is 113 Å². The zero-order valence-corrected chi connectivity index (χ0v) is 46.3. The molecule has 8 aromatic carbocycles. The minimum absolute atomic E-state index is 0. The third-order valence-corrected chi connectivity index (χ3v) is 17.6. The van der Waals surface area contributed by atoms with Crippen LogP contribution in [0.15, 0.2) is 146 Å². The van der Waals surface area contributed by atoms with Gasteiger partial charge in [-0.1, -0.05) is 97.1 Å². The number of hydrogen-bond donors (Lipinski definition) is 0. The number of rotatable bonds is 4. The first kappa shape index (κ1) is 49.0. The van der Waals surface area contributed by atoms with E-state index >= 15 is 0 Å². The normalized spacial score (nSPS) is 16.7. The van der Waals surface area contributed by atoms with E-state index in [9.17, 15) is 0 Å². The summed E-state index contributed by atoms with van der Waals surface area (Å²) in [6, 6.07) is 54.0. The van der Waals surface area contributed by atoms with Gasteiger partial charge in [0.05, 0.1) is 75.6 Å². The Morgan fingerprint density at radius 3 is 0.691 bits per heavy atom. The topological polar surface area (TPSA) is 104 Å². The van der Waals surface area contributed by atoms with Gasteiger partial charge in [0.15, 0.2) is 0 Å². The van der Waals surface area contributed by atoms with Crippen LogP contribution in [-0.2, 0) is 39.4 Å². The minimum atomic E-state index is 0. The third-order valence-electron chi connectivity index (χ3n) is 17.6. The molecule has 4 saturated heterocycles. The first-order chi connectivity index (χ1) is 39.7. The molecule has 6 aliphatic heterocycles. The van der Waals surface area contributed by atoms with Gasteiger partial charge < -0.3 is 48.5 Å². The number of morpholine rings is 4. The summed E-state index contributed by atoms with van der Waals surface area (Å²) < 4.78 is 24.8. The molecule has 81 heavy (non-hydrogen) atoms. The molecule has 7 aliphatic rings. The van der Waals surface area contributed by atoms with Crippen molar-refractivity contribution in [2.75, 3.05) is 125 Å². The third kappa shape index (κ3) is 7.89. The Hall–Kier alpha value is -7.86. The van der Waals surface area contributed by atoms with Crippen LogP contribution in [0.25, 0.3) is 132 Å². The molecular weight excluding hydrogens is 1100 g/mol. The molecular formula is C68H56N8O4Pd. The quantitative estimate of drug-likeness (QED) is 0.157. The molecule has 8 bridgehead atoms. The van der Waals surface area contributed by atoms with E-state index < -0.39 is 0 Å². The second-order valence-corrected chi connectivity index (χ2v) is 22.0. The monoisotopic (exact) mass is 1150 g/mol. The van der Waals surface area contributed by atoms with E-state index in [1.807, 2.05) is 0 Å². The van der Waals surface area contributed by atoms with Crippen LogP contribution in [0.2, 0.25) is 0 Å². The smallest absolute Gasteiger partial charge is 0.653 e. The maximum atomic E-state index is 6.20. The number of nitrogens with zero attached hydrogens (tertiary/aromatic N) is 8. The van der Waals surface area contributed by atoms with Crippen LogP contribution in [0, 0.1) is 0 Å². The van der Waals surface area contributed by atoms with E-state index in [0.717, 1.165) is 154 Å². The number of fused-ring (bicyclic) bond motifs is 4. The molecule has 4 fully saturated rings. The second kappa shape index (κ2) is 19.7. The molecule has 13 heteroatoms. The van der Waals surface area contributed by atoms with Crippen molar-refractivity contribution in [2.45, 2.75) is 0 Å². The van der Waals surface area contributed by atoms with Crippen LogP contribution >= 0.6 is 0 Å². The predicted octanol–water partition coefficient (Wildman–Crippen LogP) is 12.5. The van der Waals surface area contributed by atoms with Gasteiger partial charge in [-0.25, -0.2) is 9.97 Å². The molecule has 2 aromatic heterocycles. The Bertz CT molecular complexity index is 4000. The van der Waals surface area contributed by atoms with Gasteiger partial charge in [-0.3, -0.25) is 0 Å². The van der Waals surface area contributed by atoms with Gasteiger partial charge in [0, 0.05) is 97.4 Å². The average molecular weight is 1160 g/mol. The van der Waals surface area contributed by atoms with Crippen molar-refractivity contribution in [1.82, 2.24) is 19.9 Å². The fraction of sp³-hybridized carbons (Fsp3) is 0.235. The molecule has 8 heterocycles. The number of ether oxygens (including phenoxy) is 4. The number of anilines is 4. The van der Waals surface area contributed by atoms with Gasteiger partial charge in [0.2, 0.25) is 0 Å². The standard InChI is InChI=1S/C68H56N8O4.Pd/c1-2-10-42-34-50-49(33-41(42)9-1)57-65(73-17-25-77-26-18-73)59-51-35-43-11-3-4-12-44(43)36-52(51)61(70-59)67(75-21-29-79-30-22-75)63-55-39-47-15-7-8-16-48(47)40-56(55)64(72-63)68(76-23-31-80-32-24-76)62-54-38-46-14-6-5-13-45(46)37-53(54)60(71-62)66(58(50)69-57)74-19-27-78-28-20-74;/h1-16,33-40H,17-32H2;/q-2;+2. The molecule has 0 amide bonds. The maximum absolute atomic E-state index is 6.20. The Morgan fingerprint density at radius 2 is 0.481 bits per heavy atom. The molecule has 0 atom stereocenters. The van der Waals surface area contributed by atoms with Crippen molar-refractivity contribution < 1.29 is 39.4 Å². The molecule has 0 unspecified atom stereocenters. The van der Waals surface area contributed by atoms with Gasteiger partial charge in [-0.15, -0.1) is 22.1 Å². The van der Waals surface area contributed by atoms with Crippen LogP contribution in [0.5, 0.6) is 0 Å². The minimum Gasteiger partial charge on any atom is -0.653 e. The molecule has 0 N–H and O–H groups in total. The van der Waals surface area contributed by atoms with Crippen molar-refractivity contribution in [1.29, 1.82) is 0 Å². The molecule has 17 rings (SSSR count). The molecule has 0 radical (unpaired) electrons. The van der Waals surface area contributed by atoms with E-state index in [2.05, 4.69) is 165 Å². The fourth-order valence-corrected chi connectivity index (χ4v) is 13.7. The summed E-state index contributed by atoms with van der Waals surface area (Å²) in [5.41, 5.74) is 15.5. The second-order valence-electron chi connectivity index (χ2n) is 22.0. The Kier molecular flexibility index (Phi) is 11.9. The molecule has 1 aliphatic carbocycles. The Labute approximate surface area is 481 Å². The predicted molar refractivity (Wildman–Crippen MR) is 325 cm³/mol. The molecule has 12 nitrogen and oxygen atoms in total. The summed E-state index contributed by atoms with van der Waals surface area (Å²) in [4.78, 5) is 34.7. The number of aromatic nitrogens is 4. The van der Waals surface area contributed by atoms with E-state index in [1.165, 1.54) is 0 Å². The summed E-state index contributed by atoms with van der Waals surface area (Å²) in [6.45, 7) is 10.2. The van der Waals surface area contributed by atoms with Crippen LogP contribution < -0.4 is 29.6 Å². The molecule has 0 spiro atoms. The van der Waals surface area contributed by atoms with Crippen LogP contribution in [-0.4, -0.2) is 115 Å². The van der Waals surface area contributed by atoms with Gasteiger partial charge >= 0.3 is 20.4 Å². The largest absolute Gasteiger partial charge is 2.00 e. The van der Waals surface area contributed by atoms with E-state index in [1.54, 1.807) is 0 Å². The number of benzene rings is 8. The van der Waals surface area contributed by atoms with Crippen molar-refractivity contribution in [3.05, 3.63) is 146 Å². The Balaban J connectivity index is 0.00000542. The zero-order chi connectivity index (χ0) is 52.4. The zero-order valence-electron chi connectivity index (χ0n) is 44.7. The first-order valence-electron chi connectivity index (χ1n) is 28.5. The molecule has 402 valence electrons. The molecule has 0 saturated carbocycles. The average Bonchev–Trinajstić information content (AvgIpc) is 3.51. The van der Waals surface area contributed by atoms with Crippen molar-refractivity contribution in [3.8, 4) is 45.0 Å². The summed E-state index contributed by atoms with van der Waals surface area (Å²) in [7, 11) is 0. The first-order valence-corrected chi connectivity index (χ1v) is 28.5. The summed E-state index contributed by atoms with van der Waals surface area (Å²) in [6.07, 6.45) is 0. The number of hydrogen-bond acceptors (Lipinski definition) is 10. The summed E-state index contributed by atoms with van der Waals surface area (Å²) in [5, 5.41) is 13.6. The van der Waals surface area contributed by atoms with Gasteiger partial charge in [0.25, 0.3) is 0 Å². The van der Waals surface area contributed by atoms with E-state index in [-0.39, 0.29) is 20.4 Å². The maximum Gasteiger partial charge on any atom is 2.00 e. The van der Waals surface area contributed by atoms with Crippen LogP contribution in [0.4, 0.5) is 22.7 Å². The summed E-state index contributed by atoms with van der Waals surface area (Å²) >= 11 is 0. The van der Waals surface area contributed by atoms with E-state index in [0.29, 0.717) is 105 Å². The van der Waals surface area contributed by atoms with E-state index in [4.69, 9.17) is 38.9 Å². The SMILES string of the molecule is [Pd+2].c1ccc2cc3c(cc2c1)-c1nc-3c(N2CCOCC2)c2[n-]c(c(N3CCOCC3)c3nc(c(N4CCOCC4)c4[n-]c(c1N1CCOCC1)c1cc5ccccc5cc41)-c1cc4ccccc4cc1-3)c1cc3ccccc3cc21.